The molecule has 0 saturated heterocycles. The van der Waals surface area contributed by atoms with Gasteiger partial charge in [0.1, 0.15) is 11.4 Å². The topological polar surface area (TPSA) is 52.3 Å². The number of oxazole rings is 1. The summed E-state index contributed by atoms with van der Waals surface area (Å²) in [6, 6.07) is 26.9. The molecule has 0 aliphatic carbocycles. The van der Waals surface area contributed by atoms with Gasteiger partial charge in [-0.3, -0.25) is 4.79 Å². The molecular weight excluding hydrogens is 382 g/mol. The maximum Gasteiger partial charge on any atom is 0.257 e. The van der Waals surface area contributed by atoms with Crippen LogP contribution >= 0.6 is 11.8 Å². The molecule has 4 rings (SSSR count). The lowest BCUT2D eigenvalue weighted by Crippen LogP contribution is -2.02. The third-order valence-corrected chi connectivity index (χ3v) is 5.26. The van der Waals surface area contributed by atoms with E-state index in [9.17, 15) is 4.79 Å². The zero-order chi connectivity index (χ0) is 20.1. The van der Waals surface area contributed by atoms with Crippen molar-refractivity contribution in [1.29, 1.82) is 0 Å². The summed E-state index contributed by atoms with van der Waals surface area (Å²) in [6.07, 6.45) is 0. The molecule has 0 amide bonds. The van der Waals surface area contributed by atoms with E-state index < -0.39 is 0 Å². The molecule has 3 aromatic carbocycles. The summed E-state index contributed by atoms with van der Waals surface area (Å²) in [4.78, 5) is 17.2. The number of methoxy groups -OCH3 is 1. The Morgan fingerprint density at radius 2 is 1.52 bits per heavy atom. The summed E-state index contributed by atoms with van der Waals surface area (Å²) >= 11 is 1.30. The molecule has 0 radical (unpaired) electrons. The van der Waals surface area contributed by atoms with Crippen molar-refractivity contribution in [3.63, 3.8) is 0 Å². The third kappa shape index (κ3) is 4.41. The number of thioether (sulfide) groups is 1. The highest BCUT2D eigenvalue weighted by Gasteiger charge is 2.18. The number of rotatable bonds is 7. The van der Waals surface area contributed by atoms with Crippen molar-refractivity contribution in [3.8, 4) is 28.3 Å². The van der Waals surface area contributed by atoms with Gasteiger partial charge in [0.2, 0.25) is 0 Å². The molecule has 144 valence electrons. The lowest BCUT2D eigenvalue weighted by molar-refractivity contribution is 0.102. The van der Waals surface area contributed by atoms with Crippen LogP contribution in [0.15, 0.2) is 94.6 Å². The Kier molecular flexibility index (Phi) is 5.77. The fourth-order valence-electron chi connectivity index (χ4n) is 2.93. The SMILES string of the molecule is COc1ccc(C(=O)CSc2nc(-c3ccccc3)c(-c3ccccc3)o2)cc1. The third-order valence-electron chi connectivity index (χ3n) is 4.43. The maximum absolute atomic E-state index is 12.5. The van der Waals surface area contributed by atoms with E-state index in [-0.39, 0.29) is 11.5 Å². The highest BCUT2D eigenvalue weighted by Crippen LogP contribution is 2.35. The normalized spacial score (nSPS) is 10.7. The molecule has 0 atom stereocenters. The van der Waals surface area contributed by atoms with Gasteiger partial charge in [-0.25, -0.2) is 4.98 Å². The molecule has 0 aliphatic rings. The molecule has 0 unspecified atom stereocenters. The van der Waals surface area contributed by atoms with Crippen LogP contribution in [0.3, 0.4) is 0 Å². The first kappa shape index (κ1) is 19.0. The quantitative estimate of drug-likeness (QED) is 0.281. The first-order chi connectivity index (χ1) is 14.2. The van der Waals surface area contributed by atoms with Crippen molar-refractivity contribution in [3.05, 3.63) is 90.5 Å². The number of aromatic nitrogens is 1. The van der Waals surface area contributed by atoms with Gasteiger partial charge < -0.3 is 9.15 Å². The minimum Gasteiger partial charge on any atom is -0.497 e. The average Bonchev–Trinajstić information content (AvgIpc) is 3.23. The highest BCUT2D eigenvalue weighted by molar-refractivity contribution is 7.99. The lowest BCUT2D eigenvalue weighted by atomic mass is 10.1. The summed E-state index contributed by atoms with van der Waals surface area (Å²) in [7, 11) is 1.60. The van der Waals surface area contributed by atoms with Crippen LogP contribution < -0.4 is 4.74 Å². The van der Waals surface area contributed by atoms with Crippen LogP contribution in [0.5, 0.6) is 5.75 Å². The van der Waals surface area contributed by atoms with E-state index in [2.05, 4.69) is 4.98 Å². The standard InChI is InChI=1S/C24H19NO3S/c1-27-20-14-12-17(13-15-20)21(26)16-29-24-25-22(18-8-4-2-5-9-18)23(28-24)19-10-6-3-7-11-19/h2-15H,16H2,1H3. The molecular formula is C24H19NO3S. The Labute approximate surface area is 173 Å². The van der Waals surface area contributed by atoms with Crippen LogP contribution in [0.25, 0.3) is 22.6 Å². The number of hydrogen-bond acceptors (Lipinski definition) is 5. The van der Waals surface area contributed by atoms with E-state index in [4.69, 9.17) is 9.15 Å². The summed E-state index contributed by atoms with van der Waals surface area (Å²) < 4.78 is 11.2. The van der Waals surface area contributed by atoms with Gasteiger partial charge in [-0.15, -0.1) is 0 Å². The van der Waals surface area contributed by atoms with Crippen LogP contribution in [0.1, 0.15) is 10.4 Å². The van der Waals surface area contributed by atoms with E-state index in [1.54, 1.807) is 31.4 Å². The van der Waals surface area contributed by atoms with Crippen LogP contribution in [-0.2, 0) is 0 Å². The summed E-state index contributed by atoms with van der Waals surface area (Å²) in [5, 5.41) is 0.476. The molecule has 0 bridgehead atoms. The Morgan fingerprint density at radius 3 is 2.14 bits per heavy atom. The van der Waals surface area contributed by atoms with Crippen molar-refractivity contribution in [2.75, 3.05) is 12.9 Å². The number of benzene rings is 3. The van der Waals surface area contributed by atoms with Crippen LogP contribution in [0.4, 0.5) is 0 Å². The molecule has 0 fully saturated rings. The number of carbonyl (C=O) groups is 1. The van der Waals surface area contributed by atoms with E-state index in [1.165, 1.54) is 11.8 Å². The smallest absolute Gasteiger partial charge is 0.257 e. The summed E-state index contributed by atoms with van der Waals surface area (Å²) in [5.74, 6) is 1.69. The zero-order valence-corrected chi connectivity index (χ0v) is 16.7. The number of ether oxygens (including phenoxy) is 1. The average molecular weight is 401 g/mol. The van der Waals surface area contributed by atoms with Gasteiger partial charge in [-0.1, -0.05) is 72.4 Å². The second-order valence-corrected chi connectivity index (χ2v) is 7.26. The van der Waals surface area contributed by atoms with Crippen molar-refractivity contribution in [1.82, 2.24) is 4.98 Å². The number of Topliss-reactive ketones (excluding diaryl/α,β-unsaturated/α-hetero) is 1. The lowest BCUT2D eigenvalue weighted by Gasteiger charge is -2.02. The molecule has 0 N–H and O–H groups in total. The van der Waals surface area contributed by atoms with Crippen LogP contribution in [0.2, 0.25) is 0 Å². The number of hydrogen-bond donors (Lipinski definition) is 0. The minimum atomic E-state index is 0.0124. The van der Waals surface area contributed by atoms with Gasteiger partial charge in [0, 0.05) is 16.7 Å². The fraction of sp³-hybridized carbons (Fsp3) is 0.0833. The molecule has 4 nitrogen and oxygen atoms in total. The van der Waals surface area contributed by atoms with Crippen molar-refractivity contribution in [2.45, 2.75) is 5.22 Å². The molecule has 29 heavy (non-hydrogen) atoms. The minimum absolute atomic E-state index is 0.0124. The van der Waals surface area contributed by atoms with Gasteiger partial charge in [0.05, 0.1) is 12.9 Å². The Hall–Kier alpha value is -3.31. The number of ketones is 1. The number of carbonyl (C=O) groups excluding carboxylic acids is 1. The largest absolute Gasteiger partial charge is 0.497 e. The second kappa shape index (κ2) is 8.80. The Balaban J connectivity index is 1.58. The maximum atomic E-state index is 12.5. The predicted molar refractivity (Wildman–Crippen MR) is 115 cm³/mol. The van der Waals surface area contributed by atoms with Crippen LogP contribution in [-0.4, -0.2) is 23.6 Å². The zero-order valence-electron chi connectivity index (χ0n) is 15.9. The second-order valence-electron chi connectivity index (χ2n) is 6.33. The Morgan fingerprint density at radius 1 is 0.897 bits per heavy atom. The molecule has 4 aromatic rings. The molecule has 1 heterocycles. The van der Waals surface area contributed by atoms with Crippen molar-refractivity contribution < 1.29 is 13.9 Å². The van der Waals surface area contributed by atoms with Gasteiger partial charge >= 0.3 is 0 Å². The van der Waals surface area contributed by atoms with E-state index in [0.29, 0.717) is 16.5 Å². The molecule has 0 aliphatic heterocycles. The molecule has 1 aromatic heterocycles. The van der Waals surface area contributed by atoms with Gasteiger partial charge in [0.15, 0.2) is 11.5 Å². The summed E-state index contributed by atoms with van der Waals surface area (Å²) in [6.45, 7) is 0. The van der Waals surface area contributed by atoms with Gasteiger partial charge in [-0.2, -0.15) is 0 Å². The van der Waals surface area contributed by atoms with E-state index in [0.717, 1.165) is 22.6 Å². The highest BCUT2D eigenvalue weighted by atomic mass is 32.2. The fourth-order valence-corrected chi connectivity index (χ4v) is 3.65. The molecule has 5 heteroatoms. The monoisotopic (exact) mass is 401 g/mol. The van der Waals surface area contributed by atoms with Crippen LogP contribution in [0, 0.1) is 0 Å². The first-order valence-corrected chi connectivity index (χ1v) is 10.1. The van der Waals surface area contributed by atoms with E-state index in [1.807, 2.05) is 60.7 Å². The van der Waals surface area contributed by atoms with Gasteiger partial charge in [0.25, 0.3) is 5.22 Å². The predicted octanol–water partition coefficient (Wildman–Crippen LogP) is 5.99. The molecule has 0 saturated carbocycles. The van der Waals surface area contributed by atoms with E-state index >= 15 is 0 Å². The first-order valence-electron chi connectivity index (χ1n) is 9.16. The summed E-state index contributed by atoms with van der Waals surface area (Å²) in [5.41, 5.74) is 3.34. The van der Waals surface area contributed by atoms with Gasteiger partial charge in [-0.05, 0) is 24.3 Å². The molecule has 0 spiro atoms. The number of nitrogens with zero attached hydrogens (tertiary/aromatic N) is 1. The Bertz CT molecular complexity index is 1030. The van der Waals surface area contributed by atoms with Crippen molar-refractivity contribution in [2.24, 2.45) is 0 Å². The van der Waals surface area contributed by atoms with Crippen molar-refractivity contribution >= 4 is 17.5 Å².